The van der Waals surface area contributed by atoms with Crippen LogP contribution in [0.3, 0.4) is 0 Å². The number of benzene rings is 4. The lowest BCUT2D eigenvalue weighted by atomic mass is 10.1. The Kier molecular flexibility index (Phi) is 12.2. The molecule has 5 aromatic rings. The topological polar surface area (TPSA) is 177 Å². The van der Waals surface area contributed by atoms with Gasteiger partial charge in [0, 0.05) is 60.6 Å². The molecule has 302 valence electrons. The van der Waals surface area contributed by atoms with Crippen molar-refractivity contribution in [1.82, 2.24) is 14.8 Å². The molecule has 2 fully saturated rings. The number of carbonyl (C=O) groups excluding carboxylic acids is 6. The minimum Gasteiger partial charge on any atom is -0.447 e. The van der Waals surface area contributed by atoms with Crippen molar-refractivity contribution in [2.75, 3.05) is 23.7 Å². The molecule has 14 heteroatoms. The van der Waals surface area contributed by atoms with Gasteiger partial charge in [0.05, 0.1) is 6.20 Å². The van der Waals surface area contributed by atoms with E-state index in [4.69, 9.17) is 13.9 Å². The fourth-order valence-electron chi connectivity index (χ4n) is 7.42. The fourth-order valence-corrected chi connectivity index (χ4v) is 7.42. The van der Waals surface area contributed by atoms with Gasteiger partial charge in [-0.3, -0.25) is 28.8 Å². The molecule has 1 aromatic heterocycles. The molecule has 0 aliphatic carbocycles. The van der Waals surface area contributed by atoms with Crippen LogP contribution in [0.2, 0.25) is 0 Å². The summed E-state index contributed by atoms with van der Waals surface area (Å²) < 4.78 is 16.9. The number of likely N-dealkylation sites (tertiary alicyclic amines) is 2. The molecule has 2 N–H and O–H groups in total. The Hall–Kier alpha value is -7.09. The maximum absolute atomic E-state index is 13.6. The summed E-state index contributed by atoms with van der Waals surface area (Å²) in [6, 6.07) is 30.0. The molecule has 0 radical (unpaired) electrons. The zero-order valence-corrected chi connectivity index (χ0v) is 32.5. The van der Waals surface area contributed by atoms with E-state index in [9.17, 15) is 28.8 Å². The third-order valence-corrected chi connectivity index (χ3v) is 10.2. The zero-order valence-electron chi connectivity index (χ0n) is 32.5. The molecule has 2 saturated heterocycles. The minimum absolute atomic E-state index is 0.343. The van der Waals surface area contributed by atoms with E-state index >= 15 is 0 Å². The van der Waals surface area contributed by atoms with Gasteiger partial charge in [-0.25, -0.2) is 4.98 Å². The molecular formula is C45H43N5O9. The van der Waals surface area contributed by atoms with Crippen molar-refractivity contribution in [2.45, 2.75) is 63.8 Å². The molecule has 0 spiro atoms. The highest BCUT2D eigenvalue weighted by atomic mass is 16.6. The van der Waals surface area contributed by atoms with E-state index < -0.39 is 48.0 Å². The van der Waals surface area contributed by atoms with Gasteiger partial charge >= 0.3 is 11.9 Å². The molecule has 0 unspecified atom stereocenters. The van der Waals surface area contributed by atoms with Crippen LogP contribution in [-0.2, 0) is 38.2 Å². The first-order valence-corrected chi connectivity index (χ1v) is 19.4. The first-order valence-electron chi connectivity index (χ1n) is 19.4. The van der Waals surface area contributed by atoms with Crippen molar-refractivity contribution >= 4 is 46.9 Å². The second-order valence-electron chi connectivity index (χ2n) is 14.3. The second-order valence-corrected chi connectivity index (χ2v) is 14.3. The molecule has 3 heterocycles. The van der Waals surface area contributed by atoms with Crippen molar-refractivity contribution in [2.24, 2.45) is 0 Å². The van der Waals surface area contributed by atoms with Gasteiger partial charge in [-0.1, -0.05) is 60.7 Å². The third kappa shape index (κ3) is 9.39. The molecule has 59 heavy (non-hydrogen) atoms. The lowest BCUT2D eigenvalue weighted by Gasteiger charge is -2.28. The number of nitrogens with zero attached hydrogens (tertiary/aromatic N) is 3. The Bertz CT molecular complexity index is 2150. The highest BCUT2D eigenvalue weighted by Gasteiger charge is 2.40. The Labute approximate surface area is 340 Å². The van der Waals surface area contributed by atoms with E-state index in [0.29, 0.717) is 84.1 Å². The normalized spacial score (nSPS) is 17.1. The van der Waals surface area contributed by atoms with Crippen LogP contribution in [-0.4, -0.2) is 75.5 Å². The Balaban J connectivity index is 0.952. The van der Waals surface area contributed by atoms with Gasteiger partial charge in [0.1, 0.15) is 12.1 Å². The van der Waals surface area contributed by atoms with Gasteiger partial charge in [-0.15, -0.1) is 0 Å². The number of aromatic nitrogens is 1. The molecule has 0 saturated carbocycles. The molecular weight excluding hydrogens is 755 g/mol. The number of ether oxygens (including phenoxy) is 2. The number of anilines is 2. The quantitative estimate of drug-likeness (QED) is 0.133. The molecule has 0 bridgehead atoms. The minimum atomic E-state index is -1.15. The van der Waals surface area contributed by atoms with Crippen molar-refractivity contribution < 1.29 is 42.7 Å². The molecule has 4 aromatic carbocycles. The van der Waals surface area contributed by atoms with Gasteiger partial charge < -0.3 is 34.3 Å². The summed E-state index contributed by atoms with van der Waals surface area (Å²) in [6.07, 6.45) is 1.51. The van der Waals surface area contributed by atoms with Crippen LogP contribution in [0.25, 0.3) is 22.8 Å². The van der Waals surface area contributed by atoms with Crippen molar-refractivity contribution in [1.29, 1.82) is 0 Å². The molecule has 2 aliphatic heterocycles. The van der Waals surface area contributed by atoms with E-state index in [1.165, 1.54) is 23.6 Å². The van der Waals surface area contributed by atoms with Crippen LogP contribution in [0, 0.1) is 0 Å². The van der Waals surface area contributed by atoms with Crippen molar-refractivity contribution in [3.8, 4) is 22.8 Å². The van der Waals surface area contributed by atoms with Crippen molar-refractivity contribution in [3.63, 3.8) is 0 Å². The SMILES string of the molecule is CC(=O)O[C@@H](C(=O)N1CCC[C@H]1C(=O)Nc1ccc(-c2cnc(-c3ccc(NC(=O)[C@@H]4CCCN4C(=O)[C@H](OC(C)=O)c4ccccc4)cc3)o2)cc1)c1ccccc1. The summed E-state index contributed by atoms with van der Waals surface area (Å²) in [5, 5.41) is 5.81. The summed E-state index contributed by atoms with van der Waals surface area (Å²) in [5.41, 5.74) is 3.50. The summed E-state index contributed by atoms with van der Waals surface area (Å²) >= 11 is 0. The van der Waals surface area contributed by atoms with Crippen LogP contribution in [0.5, 0.6) is 0 Å². The average molecular weight is 798 g/mol. The Morgan fingerprint density at radius 3 is 1.46 bits per heavy atom. The van der Waals surface area contributed by atoms with E-state index in [1.54, 1.807) is 115 Å². The van der Waals surface area contributed by atoms with E-state index in [2.05, 4.69) is 15.6 Å². The Morgan fingerprint density at radius 1 is 0.610 bits per heavy atom. The highest BCUT2D eigenvalue weighted by Crippen LogP contribution is 2.31. The van der Waals surface area contributed by atoms with Gasteiger partial charge in [-0.2, -0.15) is 0 Å². The number of carbonyl (C=O) groups is 6. The molecule has 14 nitrogen and oxygen atoms in total. The molecule has 2 aliphatic rings. The van der Waals surface area contributed by atoms with Crippen molar-refractivity contribution in [3.05, 3.63) is 127 Å². The molecule has 4 amide bonds. The number of hydrogen-bond acceptors (Lipinski definition) is 10. The van der Waals surface area contributed by atoms with Gasteiger partial charge in [0.15, 0.2) is 5.76 Å². The van der Waals surface area contributed by atoms with Gasteiger partial charge in [-0.05, 0) is 74.2 Å². The van der Waals surface area contributed by atoms with Crippen LogP contribution < -0.4 is 10.6 Å². The number of esters is 2. The lowest BCUT2D eigenvalue weighted by molar-refractivity contribution is -0.160. The molecule has 4 atom stereocenters. The third-order valence-electron chi connectivity index (χ3n) is 10.2. The Morgan fingerprint density at radius 2 is 1.03 bits per heavy atom. The largest absolute Gasteiger partial charge is 0.447 e. The van der Waals surface area contributed by atoms with Gasteiger partial charge in [0.2, 0.25) is 29.9 Å². The number of nitrogens with one attached hydrogen (secondary N) is 2. The first kappa shape index (κ1) is 40.1. The maximum atomic E-state index is 13.6. The summed E-state index contributed by atoms with van der Waals surface area (Å²) in [4.78, 5) is 85.1. The van der Waals surface area contributed by atoms with E-state index in [0.717, 1.165) is 0 Å². The second kappa shape index (κ2) is 18.0. The number of hydrogen-bond donors (Lipinski definition) is 2. The standard InChI is InChI=1S/C45H43N5O9/c1-28(51)57-39(31-11-5-3-6-12-31)44(55)49-25-9-15-36(49)41(53)47-34-21-17-30(18-22-34)38-27-46-43(59-38)33-19-23-35(24-20-33)48-42(54)37-16-10-26-50(37)45(56)40(58-29(2)52)32-13-7-4-8-14-32/h3-8,11-14,17-24,27,36-37,39-40H,9-10,15-16,25-26H2,1-2H3,(H,47,53)(H,48,54)/t36-,37-,39+,40+/m0/s1. The average Bonchev–Trinajstić information content (AvgIpc) is 4.05. The maximum Gasteiger partial charge on any atom is 0.303 e. The number of amides is 4. The summed E-state index contributed by atoms with van der Waals surface area (Å²) in [5.74, 6) is -1.91. The smallest absolute Gasteiger partial charge is 0.303 e. The van der Waals surface area contributed by atoms with E-state index in [-0.39, 0.29) is 11.8 Å². The van der Waals surface area contributed by atoms with Crippen LogP contribution in [0.1, 0.15) is 62.9 Å². The van der Waals surface area contributed by atoms with Gasteiger partial charge in [0.25, 0.3) is 11.8 Å². The number of rotatable bonds is 12. The fraction of sp³-hybridized carbons (Fsp3) is 0.267. The lowest BCUT2D eigenvalue weighted by Crippen LogP contribution is -2.45. The zero-order chi connectivity index (χ0) is 41.5. The van der Waals surface area contributed by atoms with E-state index in [1.807, 2.05) is 0 Å². The van der Waals surface area contributed by atoms with Crippen LogP contribution >= 0.6 is 0 Å². The predicted molar refractivity (Wildman–Crippen MR) is 216 cm³/mol. The predicted octanol–water partition coefficient (Wildman–Crippen LogP) is 6.48. The summed E-state index contributed by atoms with van der Waals surface area (Å²) in [6.45, 7) is 3.22. The number of oxazole rings is 1. The monoisotopic (exact) mass is 797 g/mol. The first-order chi connectivity index (χ1) is 28.5. The summed E-state index contributed by atoms with van der Waals surface area (Å²) in [7, 11) is 0. The van der Waals surface area contributed by atoms with Crippen LogP contribution in [0.4, 0.5) is 11.4 Å². The molecule has 7 rings (SSSR count). The van der Waals surface area contributed by atoms with Crippen LogP contribution in [0.15, 0.2) is 120 Å². The highest BCUT2D eigenvalue weighted by molar-refractivity contribution is 5.99.